The quantitative estimate of drug-likeness (QED) is 0.606. The SMILES string of the molecule is CC1(C)OCOC1=CC[N+](C)(C)C. The van der Waals surface area contributed by atoms with Crippen LogP contribution >= 0.6 is 0 Å². The van der Waals surface area contributed by atoms with Crippen LogP contribution in [0.2, 0.25) is 0 Å². The van der Waals surface area contributed by atoms with Gasteiger partial charge in [0.2, 0.25) is 0 Å². The fourth-order valence-corrected chi connectivity index (χ4v) is 1.15. The maximum atomic E-state index is 5.42. The van der Waals surface area contributed by atoms with E-state index in [1.165, 1.54) is 0 Å². The first-order chi connectivity index (χ1) is 5.81. The molecule has 0 aromatic rings. The Morgan fingerprint density at radius 3 is 2.38 bits per heavy atom. The highest BCUT2D eigenvalue weighted by molar-refractivity contribution is 5.09. The first-order valence-electron chi connectivity index (χ1n) is 4.59. The Hall–Kier alpha value is -0.540. The highest BCUT2D eigenvalue weighted by Gasteiger charge is 2.32. The minimum Gasteiger partial charge on any atom is -0.469 e. The van der Waals surface area contributed by atoms with E-state index in [2.05, 4.69) is 27.2 Å². The molecular formula is C10H20NO2+. The molecule has 1 saturated heterocycles. The number of nitrogens with zero attached hydrogens (tertiary/aromatic N) is 1. The van der Waals surface area contributed by atoms with Crippen molar-refractivity contribution in [2.45, 2.75) is 19.4 Å². The van der Waals surface area contributed by atoms with Crippen molar-refractivity contribution >= 4 is 0 Å². The van der Waals surface area contributed by atoms with Crippen molar-refractivity contribution < 1.29 is 14.0 Å². The average Bonchev–Trinajstić information content (AvgIpc) is 2.23. The van der Waals surface area contributed by atoms with Gasteiger partial charge in [-0.2, -0.15) is 0 Å². The number of rotatable bonds is 2. The van der Waals surface area contributed by atoms with Crippen molar-refractivity contribution in [2.24, 2.45) is 0 Å². The lowest BCUT2D eigenvalue weighted by Gasteiger charge is -2.23. The lowest BCUT2D eigenvalue weighted by molar-refractivity contribution is -0.864. The standard InChI is InChI=1S/C10H20NO2/c1-10(2)9(12-8-13-10)6-7-11(3,4)5/h6H,7-8H2,1-5H3/q+1. The van der Waals surface area contributed by atoms with Gasteiger partial charge in [0.05, 0.1) is 21.1 Å². The van der Waals surface area contributed by atoms with E-state index >= 15 is 0 Å². The normalized spacial score (nSPS) is 24.8. The van der Waals surface area contributed by atoms with E-state index in [-0.39, 0.29) is 5.60 Å². The zero-order valence-electron chi connectivity index (χ0n) is 9.26. The molecule has 1 fully saturated rings. The molecule has 1 rings (SSSR count). The second-order valence-corrected chi connectivity index (χ2v) is 4.96. The van der Waals surface area contributed by atoms with Crippen LogP contribution < -0.4 is 0 Å². The molecule has 3 heteroatoms. The maximum Gasteiger partial charge on any atom is 0.189 e. The molecule has 0 aromatic carbocycles. The van der Waals surface area contributed by atoms with Crippen molar-refractivity contribution in [2.75, 3.05) is 34.5 Å². The third-order valence-electron chi connectivity index (χ3n) is 2.05. The van der Waals surface area contributed by atoms with Crippen LogP contribution in [0.1, 0.15) is 13.8 Å². The third-order valence-corrected chi connectivity index (χ3v) is 2.05. The van der Waals surface area contributed by atoms with Crippen LogP contribution in [0.4, 0.5) is 0 Å². The average molecular weight is 186 g/mol. The first kappa shape index (κ1) is 10.5. The minimum atomic E-state index is -0.241. The Bertz CT molecular complexity index is 213. The second-order valence-electron chi connectivity index (χ2n) is 4.96. The second kappa shape index (κ2) is 3.31. The Balaban J connectivity index is 2.61. The van der Waals surface area contributed by atoms with Crippen LogP contribution in [0.3, 0.4) is 0 Å². The molecule has 0 aromatic heterocycles. The smallest absolute Gasteiger partial charge is 0.189 e. The summed E-state index contributed by atoms with van der Waals surface area (Å²) in [6.07, 6.45) is 2.12. The van der Waals surface area contributed by atoms with Gasteiger partial charge in [0.25, 0.3) is 0 Å². The van der Waals surface area contributed by atoms with Gasteiger partial charge in [0, 0.05) is 6.08 Å². The van der Waals surface area contributed by atoms with Gasteiger partial charge in [-0.3, -0.25) is 0 Å². The van der Waals surface area contributed by atoms with Crippen molar-refractivity contribution in [3.63, 3.8) is 0 Å². The fraction of sp³-hybridized carbons (Fsp3) is 0.800. The minimum absolute atomic E-state index is 0.241. The fourth-order valence-electron chi connectivity index (χ4n) is 1.15. The summed E-state index contributed by atoms with van der Waals surface area (Å²) in [6, 6.07) is 0. The van der Waals surface area contributed by atoms with E-state index in [1.807, 2.05) is 13.8 Å². The molecule has 0 unspecified atom stereocenters. The molecule has 0 spiro atoms. The predicted molar refractivity (Wildman–Crippen MR) is 52.1 cm³/mol. The van der Waals surface area contributed by atoms with Gasteiger partial charge in [0.15, 0.2) is 6.79 Å². The number of likely N-dealkylation sites (N-methyl/N-ethyl adjacent to an activating group) is 1. The van der Waals surface area contributed by atoms with Crippen molar-refractivity contribution in [3.8, 4) is 0 Å². The number of hydrogen-bond donors (Lipinski definition) is 0. The van der Waals surface area contributed by atoms with E-state index in [1.54, 1.807) is 0 Å². The lowest BCUT2D eigenvalue weighted by Crippen LogP contribution is -2.35. The molecule has 1 heterocycles. The monoisotopic (exact) mass is 186 g/mol. The Morgan fingerprint density at radius 2 is 2.00 bits per heavy atom. The molecular weight excluding hydrogens is 166 g/mol. The highest BCUT2D eigenvalue weighted by Crippen LogP contribution is 2.27. The molecule has 76 valence electrons. The Morgan fingerprint density at radius 1 is 1.38 bits per heavy atom. The molecule has 0 aliphatic carbocycles. The largest absolute Gasteiger partial charge is 0.469 e. The molecule has 1 aliphatic heterocycles. The zero-order chi connectivity index (χ0) is 10.1. The van der Waals surface area contributed by atoms with Gasteiger partial charge in [-0.25, -0.2) is 0 Å². The highest BCUT2D eigenvalue weighted by atomic mass is 16.7. The van der Waals surface area contributed by atoms with Crippen LogP contribution in [0.5, 0.6) is 0 Å². The molecule has 0 atom stereocenters. The van der Waals surface area contributed by atoms with E-state index in [9.17, 15) is 0 Å². The Labute approximate surface area is 80.5 Å². The lowest BCUT2D eigenvalue weighted by atomic mass is 10.1. The first-order valence-corrected chi connectivity index (χ1v) is 4.59. The van der Waals surface area contributed by atoms with Crippen LogP contribution in [0.15, 0.2) is 11.8 Å². The van der Waals surface area contributed by atoms with Crippen molar-refractivity contribution in [1.29, 1.82) is 0 Å². The summed E-state index contributed by atoms with van der Waals surface area (Å²) in [5, 5.41) is 0. The topological polar surface area (TPSA) is 18.5 Å². The number of quaternary nitrogens is 1. The summed E-state index contributed by atoms with van der Waals surface area (Å²) in [5.74, 6) is 0.959. The van der Waals surface area contributed by atoms with Crippen LogP contribution in [-0.4, -0.2) is 44.6 Å². The molecule has 0 amide bonds. The summed E-state index contributed by atoms with van der Waals surface area (Å²) >= 11 is 0. The maximum absolute atomic E-state index is 5.42. The zero-order valence-corrected chi connectivity index (χ0v) is 9.26. The summed E-state index contributed by atoms with van der Waals surface area (Å²) in [7, 11) is 6.46. The Kier molecular flexibility index (Phi) is 2.68. The van der Waals surface area contributed by atoms with Crippen molar-refractivity contribution in [3.05, 3.63) is 11.8 Å². The van der Waals surface area contributed by atoms with E-state index in [0.29, 0.717) is 6.79 Å². The third kappa shape index (κ3) is 3.01. The number of ether oxygens (including phenoxy) is 2. The summed E-state index contributed by atoms with van der Waals surface area (Å²) in [6.45, 7) is 5.40. The molecule has 13 heavy (non-hydrogen) atoms. The number of hydrogen-bond acceptors (Lipinski definition) is 2. The van der Waals surface area contributed by atoms with E-state index in [4.69, 9.17) is 9.47 Å². The summed E-state index contributed by atoms with van der Waals surface area (Å²) < 4.78 is 11.7. The molecule has 0 N–H and O–H groups in total. The van der Waals surface area contributed by atoms with E-state index < -0.39 is 0 Å². The summed E-state index contributed by atoms with van der Waals surface area (Å²) in [4.78, 5) is 0. The molecule has 0 saturated carbocycles. The molecule has 0 bridgehead atoms. The van der Waals surface area contributed by atoms with Crippen LogP contribution in [0.25, 0.3) is 0 Å². The molecule has 3 nitrogen and oxygen atoms in total. The summed E-state index contributed by atoms with van der Waals surface area (Å²) in [5.41, 5.74) is -0.241. The van der Waals surface area contributed by atoms with Crippen LogP contribution in [0, 0.1) is 0 Å². The van der Waals surface area contributed by atoms with Gasteiger partial charge in [0.1, 0.15) is 17.9 Å². The van der Waals surface area contributed by atoms with Crippen molar-refractivity contribution in [1.82, 2.24) is 0 Å². The van der Waals surface area contributed by atoms with Gasteiger partial charge >= 0.3 is 0 Å². The van der Waals surface area contributed by atoms with Gasteiger partial charge in [-0.15, -0.1) is 0 Å². The predicted octanol–water partition coefficient (Wildman–Crippen LogP) is 1.36. The van der Waals surface area contributed by atoms with E-state index in [0.717, 1.165) is 16.8 Å². The van der Waals surface area contributed by atoms with Gasteiger partial charge in [-0.05, 0) is 13.8 Å². The van der Waals surface area contributed by atoms with Gasteiger partial charge < -0.3 is 14.0 Å². The van der Waals surface area contributed by atoms with Gasteiger partial charge in [-0.1, -0.05) is 0 Å². The molecule has 0 radical (unpaired) electrons. The van der Waals surface area contributed by atoms with Crippen LogP contribution in [-0.2, 0) is 9.47 Å². The molecule has 1 aliphatic rings.